The van der Waals surface area contributed by atoms with Gasteiger partial charge < -0.3 is 9.47 Å². The van der Waals surface area contributed by atoms with Crippen molar-refractivity contribution in [3.63, 3.8) is 0 Å². The van der Waals surface area contributed by atoms with Crippen molar-refractivity contribution in [3.05, 3.63) is 23.3 Å². The first-order valence-corrected chi connectivity index (χ1v) is 6.00. The molecule has 0 fully saturated rings. The van der Waals surface area contributed by atoms with E-state index >= 15 is 0 Å². The Morgan fingerprint density at radius 2 is 1.47 bits per heavy atom. The summed E-state index contributed by atoms with van der Waals surface area (Å²) in [6.07, 6.45) is 1.42. The van der Waals surface area contributed by atoms with Gasteiger partial charge in [0, 0.05) is 26.7 Å². The van der Waals surface area contributed by atoms with Gasteiger partial charge in [0.25, 0.3) is 0 Å². The summed E-state index contributed by atoms with van der Waals surface area (Å²) < 4.78 is 10.1. The summed E-state index contributed by atoms with van der Waals surface area (Å²) in [5.74, 6) is -0.441. The SMILES string of the molecule is CC(=O)Oc1cc2c(cc1OC(C)=O)CC(=O)CC2. The van der Waals surface area contributed by atoms with E-state index in [9.17, 15) is 14.4 Å². The molecule has 19 heavy (non-hydrogen) atoms. The molecule has 0 bridgehead atoms. The van der Waals surface area contributed by atoms with Gasteiger partial charge in [0.1, 0.15) is 5.78 Å². The average molecular weight is 262 g/mol. The highest BCUT2D eigenvalue weighted by molar-refractivity contribution is 5.84. The number of Topliss-reactive ketones (excluding diaryl/α,β-unsaturated/α-hetero) is 1. The molecule has 0 amide bonds. The van der Waals surface area contributed by atoms with Crippen molar-refractivity contribution in [1.29, 1.82) is 0 Å². The monoisotopic (exact) mass is 262 g/mol. The second-order valence-corrected chi connectivity index (χ2v) is 4.47. The number of aryl methyl sites for hydroxylation is 1. The van der Waals surface area contributed by atoms with E-state index in [4.69, 9.17) is 9.47 Å². The number of benzene rings is 1. The van der Waals surface area contributed by atoms with Crippen LogP contribution in [0.5, 0.6) is 11.5 Å². The highest BCUT2D eigenvalue weighted by Crippen LogP contribution is 2.34. The second kappa shape index (κ2) is 5.22. The number of hydrogen-bond donors (Lipinski definition) is 0. The molecular weight excluding hydrogens is 248 g/mol. The van der Waals surface area contributed by atoms with E-state index in [0.717, 1.165) is 11.1 Å². The molecule has 100 valence electrons. The van der Waals surface area contributed by atoms with Crippen LogP contribution in [0.1, 0.15) is 31.4 Å². The molecule has 0 radical (unpaired) electrons. The van der Waals surface area contributed by atoms with Crippen molar-refractivity contribution < 1.29 is 23.9 Å². The number of fused-ring (bicyclic) bond motifs is 1. The second-order valence-electron chi connectivity index (χ2n) is 4.47. The Bertz CT molecular complexity index is 559. The van der Waals surface area contributed by atoms with Crippen molar-refractivity contribution in [1.82, 2.24) is 0 Å². The zero-order chi connectivity index (χ0) is 14.0. The first-order chi connectivity index (χ1) is 8.95. The summed E-state index contributed by atoms with van der Waals surface area (Å²) in [7, 11) is 0. The number of ketones is 1. The fraction of sp³-hybridized carbons (Fsp3) is 0.357. The summed E-state index contributed by atoms with van der Waals surface area (Å²) in [6, 6.07) is 3.27. The Balaban J connectivity index is 2.43. The third kappa shape index (κ3) is 3.19. The van der Waals surface area contributed by atoms with Gasteiger partial charge in [-0.05, 0) is 29.7 Å². The first kappa shape index (κ1) is 13.3. The Morgan fingerprint density at radius 1 is 0.947 bits per heavy atom. The number of rotatable bonds is 2. The maximum Gasteiger partial charge on any atom is 0.308 e. The highest BCUT2D eigenvalue weighted by Gasteiger charge is 2.20. The molecule has 1 aliphatic carbocycles. The van der Waals surface area contributed by atoms with Crippen LogP contribution >= 0.6 is 0 Å². The van der Waals surface area contributed by atoms with Crippen molar-refractivity contribution in [2.45, 2.75) is 33.1 Å². The van der Waals surface area contributed by atoms with E-state index < -0.39 is 11.9 Å². The lowest BCUT2D eigenvalue weighted by molar-refractivity contribution is -0.134. The van der Waals surface area contributed by atoms with E-state index in [1.165, 1.54) is 13.8 Å². The molecule has 0 aliphatic heterocycles. The van der Waals surface area contributed by atoms with Crippen molar-refractivity contribution in [3.8, 4) is 11.5 Å². The van der Waals surface area contributed by atoms with E-state index in [2.05, 4.69) is 0 Å². The Morgan fingerprint density at radius 3 is 2.00 bits per heavy atom. The molecule has 2 rings (SSSR count). The molecule has 0 saturated carbocycles. The van der Waals surface area contributed by atoms with Crippen LogP contribution in [0, 0.1) is 0 Å². The topological polar surface area (TPSA) is 69.7 Å². The predicted octanol–water partition coefficient (Wildman–Crippen LogP) is 1.59. The predicted molar refractivity (Wildman–Crippen MR) is 66.1 cm³/mol. The summed E-state index contributed by atoms with van der Waals surface area (Å²) in [4.78, 5) is 33.5. The van der Waals surface area contributed by atoms with E-state index in [0.29, 0.717) is 19.3 Å². The normalized spacial score (nSPS) is 13.7. The van der Waals surface area contributed by atoms with Crippen molar-refractivity contribution in [2.75, 3.05) is 0 Å². The van der Waals surface area contributed by atoms with E-state index in [1.807, 2.05) is 0 Å². The van der Waals surface area contributed by atoms with Crippen LogP contribution in [0.15, 0.2) is 12.1 Å². The minimum atomic E-state index is -0.504. The summed E-state index contributed by atoms with van der Waals surface area (Å²) >= 11 is 0. The average Bonchev–Trinajstić information content (AvgIpc) is 2.28. The Hall–Kier alpha value is -2.17. The largest absolute Gasteiger partial charge is 0.423 e. The third-order valence-electron chi connectivity index (χ3n) is 2.83. The fourth-order valence-electron chi connectivity index (χ4n) is 2.09. The molecule has 0 saturated heterocycles. The number of hydrogen-bond acceptors (Lipinski definition) is 5. The zero-order valence-electron chi connectivity index (χ0n) is 10.8. The molecule has 5 heteroatoms. The van der Waals surface area contributed by atoms with Gasteiger partial charge >= 0.3 is 11.9 Å². The van der Waals surface area contributed by atoms with Gasteiger partial charge in [-0.15, -0.1) is 0 Å². The minimum Gasteiger partial charge on any atom is -0.423 e. The van der Waals surface area contributed by atoms with E-state index in [1.54, 1.807) is 12.1 Å². The fourth-order valence-corrected chi connectivity index (χ4v) is 2.09. The Labute approximate surface area is 110 Å². The van der Waals surface area contributed by atoms with Gasteiger partial charge in [0.05, 0.1) is 0 Å². The molecule has 0 unspecified atom stereocenters. The van der Waals surface area contributed by atoms with Crippen LogP contribution in [0.4, 0.5) is 0 Å². The molecule has 5 nitrogen and oxygen atoms in total. The minimum absolute atomic E-state index is 0.154. The molecular formula is C14H14O5. The quantitative estimate of drug-likeness (QED) is 0.598. The molecule has 0 N–H and O–H groups in total. The number of ether oxygens (including phenoxy) is 2. The van der Waals surface area contributed by atoms with Crippen LogP contribution in [0.25, 0.3) is 0 Å². The van der Waals surface area contributed by atoms with Crippen LogP contribution in [-0.4, -0.2) is 17.7 Å². The van der Waals surface area contributed by atoms with Gasteiger partial charge in [0.2, 0.25) is 0 Å². The van der Waals surface area contributed by atoms with Gasteiger partial charge in [-0.2, -0.15) is 0 Å². The van der Waals surface area contributed by atoms with Crippen LogP contribution in [0.2, 0.25) is 0 Å². The zero-order valence-corrected chi connectivity index (χ0v) is 10.8. The van der Waals surface area contributed by atoms with Gasteiger partial charge in [-0.1, -0.05) is 0 Å². The number of esters is 2. The number of carbonyl (C=O) groups excluding carboxylic acids is 3. The summed E-state index contributed by atoms with van der Waals surface area (Å²) in [5, 5.41) is 0. The van der Waals surface area contributed by atoms with Crippen LogP contribution in [0.3, 0.4) is 0 Å². The maximum absolute atomic E-state index is 11.4. The molecule has 1 aromatic carbocycles. The molecule has 0 aromatic heterocycles. The highest BCUT2D eigenvalue weighted by atomic mass is 16.6. The first-order valence-electron chi connectivity index (χ1n) is 6.00. The smallest absolute Gasteiger partial charge is 0.308 e. The lowest BCUT2D eigenvalue weighted by Gasteiger charge is -2.18. The van der Waals surface area contributed by atoms with E-state index in [-0.39, 0.29) is 17.3 Å². The van der Waals surface area contributed by atoms with Gasteiger partial charge in [-0.3, -0.25) is 14.4 Å². The van der Waals surface area contributed by atoms with Crippen molar-refractivity contribution >= 4 is 17.7 Å². The summed E-state index contributed by atoms with van der Waals surface area (Å²) in [5.41, 5.74) is 1.77. The molecule has 1 aromatic rings. The molecule has 0 atom stereocenters. The van der Waals surface area contributed by atoms with Gasteiger partial charge in [0.15, 0.2) is 11.5 Å². The maximum atomic E-state index is 11.4. The van der Waals surface area contributed by atoms with Crippen LogP contribution < -0.4 is 9.47 Å². The summed E-state index contributed by atoms with van der Waals surface area (Å²) in [6.45, 7) is 2.54. The lowest BCUT2D eigenvalue weighted by Crippen LogP contribution is -2.15. The van der Waals surface area contributed by atoms with Gasteiger partial charge in [-0.25, -0.2) is 0 Å². The molecule has 1 aliphatic rings. The lowest BCUT2D eigenvalue weighted by atomic mass is 9.90. The van der Waals surface area contributed by atoms with Crippen LogP contribution in [-0.2, 0) is 27.2 Å². The number of carbonyl (C=O) groups is 3. The molecule has 0 spiro atoms. The molecule has 0 heterocycles. The third-order valence-corrected chi connectivity index (χ3v) is 2.83. The standard InChI is InChI=1S/C14H14O5/c1-8(15)18-13-6-10-3-4-12(17)5-11(10)7-14(13)19-9(2)16/h6-7H,3-5H2,1-2H3. The Kier molecular flexibility index (Phi) is 3.64. The van der Waals surface area contributed by atoms with Crippen molar-refractivity contribution in [2.24, 2.45) is 0 Å².